The molecule has 0 aromatic heterocycles. The van der Waals surface area contributed by atoms with E-state index in [4.69, 9.17) is 5.11 Å². The van der Waals surface area contributed by atoms with Crippen LogP contribution in [0.4, 0.5) is 0 Å². The molecule has 1 N–H and O–H groups in total. The van der Waals surface area contributed by atoms with E-state index in [9.17, 15) is 8.42 Å². The Morgan fingerprint density at radius 3 is 1.86 bits per heavy atom. The number of rotatable bonds is 5. The first-order chi connectivity index (χ1) is 6.25. The Kier molecular flexibility index (Phi) is 5.05. The molecule has 0 aliphatic carbocycles. The highest BCUT2D eigenvalue weighted by atomic mass is 32.2. The molecule has 0 saturated carbocycles. The molecule has 0 unspecified atom stereocenters. The van der Waals surface area contributed by atoms with Crippen LogP contribution in [0.1, 0.15) is 27.7 Å². The van der Waals surface area contributed by atoms with Gasteiger partial charge >= 0.3 is 0 Å². The molecule has 0 bridgehead atoms. The zero-order valence-corrected chi connectivity index (χ0v) is 10.4. The summed E-state index contributed by atoms with van der Waals surface area (Å²) in [5.74, 6) is 0.110. The van der Waals surface area contributed by atoms with Gasteiger partial charge in [0.25, 0.3) is 0 Å². The molecule has 86 valence electrons. The van der Waals surface area contributed by atoms with Gasteiger partial charge in [0.05, 0.1) is 11.9 Å². The van der Waals surface area contributed by atoms with Gasteiger partial charge < -0.3 is 5.11 Å². The van der Waals surface area contributed by atoms with Crippen molar-refractivity contribution in [1.82, 2.24) is 4.31 Å². The van der Waals surface area contributed by atoms with Crippen LogP contribution in [-0.4, -0.2) is 42.8 Å². The second-order valence-electron chi connectivity index (χ2n) is 4.10. The summed E-state index contributed by atoms with van der Waals surface area (Å²) in [6.45, 7) is 6.93. The maximum absolute atomic E-state index is 11.7. The van der Waals surface area contributed by atoms with E-state index in [0.29, 0.717) is 0 Å². The third-order valence-electron chi connectivity index (χ3n) is 2.42. The molecule has 14 heavy (non-hydrogen) atoms. The predicted octanol–water partition coefficient (Wildman–Crippen LogP) is 0.673. The van der Waals surface area contributed by atoms with Gasteiger partial charge in [0, 0.05) is 13.1 Å². The molecular weight excluding hydrogens is 202 g/mol. The van der Waals surface area contributed by atoms with Crippen LogP contribution in [0.2, 0.25) is 0 Å². The third kappa shape index (κ3) is 2.93. The smallest absolute Gasteiger partial charge is 0.216 e. The molecule has 0 heterocycles. The van der Waals surface area contributed by atoms with E-state index in [1.54, 1.807) is 13.8 Å². The fraction of sp³-hybridized carbons (Fsp3) is 1.00. The molecule has 1 atom stereocenters. The zero-order chi connectivity index (χ0) is 11.5. The van der Waals surface area contributed by atoms with Crippen molar-refractivity contribution < 1.29 is 13.5 Å². The Bertz CT molecular complexity index is 259. The Balaban J connectivity index is 4.84. The van der Waals surface area contributed by atoms with Gasteiger partial charge in [0.15, 0.2) is 0 Å². The first-order valence-electron chi connectivity index (χ1n) is 4.82. The number of sulfonamides is 1. The summed E-state index contributed by atoms with van der Waals surface area (Å²) in [7, 11) is -1.74. The van der Waals surface area contributed by atoms with Crippen molar-refractivity contribution in [3.05, 3.63) is 0 Å². The zero-order valence-electron chi connectivity index (χ0n) is 9.56. The summed E-state index contributed by atoms with van der Waals surface area (Å²) in [6.07, 6.45) is 0. The van der Waals surface area contributed by atoms with Crippen molar-refractivity contribution >= 4 is 10.0 Å². The number of hydrogen-bond acceptors (Lipinski definition) is 3. The van der Waals surface area contributed by atoms with Gasteiger partial charge in [-0.3, -0.25) is 0 Å². The van der Waals surface area contributed by atoms with Gasteiger partial charge in [0.1, 0.15) is 0 Å². The first-order valence-corrected chi connectivity index (χ1v) is 6.33. The lowest BCUT2D eigenvalue weighted by atomic mass is 10.1. The van der Waals surface area contributed by atoms with Crippen molar-refractivity contribution in [1.29, 1.82) is 0 Å². The van der Waals surface area contributed by atoms with E-state index in [2.05, 4.69) is 0 Å². The molecule has 0 fully saturated rings. The Morgan fingerprint density at radius 1 is 1.21 bits per heavy atom. The summed E-state index contributed by atoms with van der Waals surface area (Å²) in [5, 5.41) is 8.66. The van der Waals surface area contributed by atoms with Gasteiger partial charge in [0.2, 0.25) is 10.0 Å². The van der Waals surface area contributed by atoms with E-state index in [1.165, 1.54) is 11.4 Å². The summed E-state index contributed by atoms with van der Waals surface area (Å²) < 4.78 is 24.8. The van der Waals surface area contributed by atoms with Crippen LogP contribution in [0.3, 0.4) is 0 Å². The van der Waals surface area contributed by atoms with Crippen molar-refractivity contribution in [3.63, 3.8) is 0 Å². The Labute approximate surface area is 87.0 Å². The van der Waals surface area contributed by atoms with Crippen molar-refractivity contribution in [2.24, 2.45) is 5.92 Å². The van der Waals surface area contributed by atoms with Crippen LogP contribution < -0.4 is 0 Å². The van der Waals surface area contributed by atoms with E-state index in [-0.39, 0.29) is 18.6 Å². The summed E-state index contributed by atoms with van der Waals surface area (Å²) in [5.41, 5.74) is 0. The number of nitrogens with zero attached hydrogens (tertiary/aromatic N) is 1. The number of hydrogen-bond donors (Lipinski definition) is 1. The Hall–Kier alpha value is -0.130. The molecule has 0 aromatic rings. The molecule has 0 aliphatic rings. The second-order valence-corrected chi connectivity index (χ2v) is 6.65. The topological polar surface area (TPSA) is 57.6 Å². The summed E-state index contributed by atoms with van der Waals surface area (Å²) in [6, 6.07) is -0.331. The number of aliphatic hydroxyl groups is 1. The Morgan fingerprint density at radius 2 is 1.64 bits per heavy atom. The van der Waals surface area contributed by atoms with Crippen molar-refractivity contribution in [2.45, 2.75) is 39.0 Å². The molecule has 0 aliphatic heterocycles. The molecule has 4 nitrogen and oxygen atoms in total. The minimum atomic E-state index is -3.26. The highest BCUT2D eigenvalue weighted by molar-refractivity contribution is 7.89. The predicted molar refractivity (Wildman–Crippen MR) is 57.5 cm³/mol. The van der Waals surface area contributed by atoms with Crippen LogP contribution in [0.25, 0.3) is 0 Å². The molecule has 0 saturated heterocycles. The number of likely N-dealkylation sites (N-methyl/N-ethyl adjacent to an activating group) is 1. The SMILES string of the molecule is CC(C)[C@H](CO)N(C)S(=O)(=O)C(C)C. The highest BCUT2D eigenvalue weighted by Crippen LogP contribution is 2.15. The van der Waals surface area contributed by atoms with E-state index >= 15 is 0 Å². The van der Waals surface area contributed by atoms with Gasteiger partial charge in [-0.15, -0.1) is 0 Å². The van der Waals surface area contributed by atoms with Gasteiger partial charge in [-0.2, -0.15) is 4.31 Å². The molecule has 0 radical (unpaired) electrons. The van der Waals surface area contributed by atoms with Crippen LogP contribution in [0.15, 0.2) is 0 Å². The van der Waals surface area contributed by atoms with E-state index in [0.717, 1.165) is 0 Å². The van der Waals surface area contributed by atoms with Gasteiger partial charge in [-0.25, -0.2) is 8.42 Å². The van der Waals surface area contributed by atoms with Crippen LogP contribution in [-0.2, 0) is 10.0 Å². The lowest BCUT2D eigenvalue weighted by Gasteiger charge is -2.30. The average Bonchev–Trinajstić information content (AvgIpc) is 2.04. The second kappa shape index (κ2) is 5.09. The van der Waals surface area contributed by atoms with E-state index < -0.39 is 15.3 Å². The van der Waals surface area contributed by atoms with Gasteiger partial charge in [-0.1, -0.05) is 13.8 Å². The maximum Gasteiger partial charge on any atom is 0.216 e. The third-order valence-corrected chi connectivity index (χ3v) is 4.69. The van der Waals surface area contributed by atoms with Crippen LogP contribution >= 0.6 is 0 Å². The number of aliphatic hydroxyl groups excluding tert-OH is 1. The molecule has 0 amide bonds. The van der Waals surface area contributed by atoms with Crippen LogP contribution in [0.5, 0.6) is 0 Å². The average molecular weight is 223 g/mol. The van der Waals surface area contributed by atoms with E-state index in [1.807, 2.05) is 13.8 Å². The lowest BCUT2D eigenvalue weighted by molar-refractivity contribution is 0.166. The summed E-state index contributed by atoms with van der Waals surface area (Å²) >= 11 is 0. The largest absolute Gasteiger partial charge is 0.395 e. The first kappa shape index (κ1) is 13.9. The minimum Gasteiger partial charge on any atom is -0.395 e. The fourth-order valence-corrected chi connectivity index (χ4v) is 2.62. The molecule has 0 aromatic carbocycles. The molecular formula is C9H21NO3S. The monoisotopic (exact) mass is 223 g/mol. The maximum atomic E-state index is 11.7. The standard InChI is InChI=1S/C9H21NO3S/c1-7(2)9(6-11)10(5)14(12,13)8(3)4/h7-9,11H,6H2,1-5H3/t9-/m0/s1. The normalized spacial score (nSPS) is 15.5. The molecule has 0 spiro atoms. The molecule has 0 rings (SSSR count). The van der Waals surface area contributed by atoms with Crippen LogP contribution in [0, 0.1) is 5.92 Å². The lowest BCUT2D eigenvalue weighted by Crippen LogP contribution is -2.45. The van der Waals surface area contributed by atoms with Crippen molar-refractivity contribution in [3.8, 4) is 0 Å². The summed E-state index contributed by atoms with van der Waals surface area (Å²) in [4.78, 5) is 0. The fourth-order valence-electron chi connectivity index (χ4n) is 1.27. The molecule has 5 heteroatoms. The van der Waals surface area contributed by atoms with Crippen molar-refractivity contribution in [2.75, 3.05) is 13.7 Å². The van der Waals surface area contributed by atoms with Gasteiger partial charge in [-0.05, 0) is 19.8 Å². The quantitative estimate of drug-likeness (QED) is 0.745. The minimum absolute atomic E-state index is 0.110. The highest BCUT2D eigenvalue weighted by Gasteiger charge is 2.30.